The third kappa shape index (κ3) is 4.29. The van der Waals surface area contributed by atoms with Gasteiger partial charge in [-0.15, -0.1) is 5.10 Å². The van der Waals surface area contributed by atoms with E-state index in [0.29, 0.717) is 6.04 Å². The molecule has 1 atom stereocenters. The molecule has 6 nitrogen and oxygen atoms in total. The first kappa shape index (κ1) is 19.7. The fraction of sp³-hybridized carbons (Fsp3) is 0.650. The molecule has 1 fully saturated rings. The number of quaternary nitrogens is 1. The van der Waals surface area contributed by atoms with Gasteiger partial charge in [-0.2, -0.15) is 0 Å². The average Bonchev–Trinajstić information content (AvgIpc) is 3.17. The number of hydrogen-bond acceptors (Lipinski definition) is 4. The molecule has 27 heavy (non-hydrogen) atoms. The van der Waals surface area contributed by atoms with Crippen molar-refractivity contribution >= 4 is 5.69 Å². The topological polar surface area (TPSA) is 51.3 Å². The zero-order valence-corrected chi connectivity index (χ0v) is 17.0. The van der Waals surface area contributed by atoms with Gasteiger partial charge in [0.15, 0.2) is 0 Å². The van der Waals surface area contributed by atoms with Crippen LogP contribution < -0.4 is 9.80 Å². The number of tetrazole rings is 1. The summed E-state index contributed by atoms with van der Waals surface area (Å²) >= 11 is 0. The highest BCUT2D eigenvalue weighted by molar-refractivity contribution is 5.46. The Hall–Kier alpha value is -2.02. The fourth-order valence-electron chi connectivity index (χ4n) is 3.85. The van der Waals surface area contributed by atoms with E-state index < -0.39 is 0 Å². The van der Waals surface area contributed by atoms with Crippen molar-refractivity contribution in [1.82, 2.24) is 20.2 Å². The van der Waals surface area contributed by atoms with Crippen LogP contribution >= 0.6 is 0 Å². The molecule has 7 heteroatoms. The second-order valence-corrected chi connectivity index (χ2v) is 8.08. The highest BCUT2D eigenvalue weighted by Crippen LogP contribution is 2.23. The van der Waals surface area contributed by atoms with Crippen molar-refractivity contribution in [2.75, 3.05) is 31.1 Å². The first-order valence-electron chi connectivity index (χ1n) is 10.1. The predicted octanol–water partition coefficient (Wildman–Crippen LogP) is 2.20. The molecule has 1 N–H and O–H groups in total. The summed E-state index contributed by atoms with van der Waals surface area (Å²) in [5, 5.41) is 12.8. The Bertz CT molecular complexity index is 718. The number of nitrogens with one attached hydrogen (secondary N) is 1. The van der Waals surface area contributed by atoms with Gasteiger partial charge >= 0.3 is 0 Å². The summed E-state index contributed by atoms with van der Waals surface area (Å²) in [6, 6.07) is 7.12. The molecule has 0 saturated carbocycles. The first-order valence-corrected chi connectivity index (χ1v) is 10.1. The van der Waals surface area contributed by atoms with Crippen molar-refractivity contribution < 1.29 is 9.29 Å². The number of rotatable bonds is 7. The van der Waals surface area contributed by atoms with Crippen LogP contribution in [0, 0.1) is 5.82 Å². The number of aromatic nitrogens is 4. The maximum Gasteiger partial charge on any atom is 0.209 e. The number of hydrogen-bond donors (Lipinski definition) is 1. The molecule has 1 aliphatic rings. The Balaban J connectivity index is 1.74. The Morgan fingerprint density at radius 1 is 1.15 bits per heavy atom. The number of nitrogens with zero attached hydrogens (tertiary/aromatic N) is 5. The van der Waals surface area contributed by atoms with Crippen molar-refractivity contribution in [3.8, 4) is 0 Å². The minimum Gasteiger partial charge on any atom is -0.360 e. The SMILES string of the molecule is CCC[C@H](c1nnnn1C(C)(C)CC)[NH+]1CCN(c2ccc(F)cc2)CC1. The highest BCUT2D eigenvalue weighted by atomic mass is 19.1. The number of halogens is 1. The van der Waals surface area contributed by atoms with Crippen molar-refractivity contribution in [3.63, 3.8) is 0 Å². The molecule has 0 amide bonds. The summed E-state index contributed by atoms with van der Waals surface area (Å²) < 4.78 is 15.2. The van der Waals surface area contributed by atoms with Gasteiger partial charge in [-0.3, -0.25) is 0 Å². The van der Waals surface area contributed by atoms with Crippen LogP contribution in [-0.4, -0.2) is 46.4 Å². The van der Waals surface area contributed by atoms with Crippen LogP contribution in [0.3, 0.4) is 0 Å². The summed E-state index contributed by atoms with van der Waals surface area (Å²) in [5.41, 5.74) is 1.01. The molecule has 3 rings (SSSR count). The molecule has 0 spiro atoms. The van der Waals surface area contributed by atoms with Gasteiger partial charge in [0.2, 0.25) is 5.82 Å². The quantitative estimate of drug-likeness (QED) is 0.806. The van der Waals surface area contributed by atoms with E-state index in [2.05, 4.69) is 48.1 Å². The van der Waals surface area contributed by atoms with Gasteiger partial charge in [-0.25, -0.2) is 9.07 Å². The summed E-state index contributed by atoms with van der Waals surface area (Å²) in [6.45, 7) is 12.8. The minimum absolute atomic E-state index is 0.0831. The molecular weight excluding hydrogens is 343 g/mol. The normalized spacial score (nSPS) is 17.3. The van der Waals surface area contributed by atoms with Crippen LogP contribution in [0.4, 0.5) is 10.1 Å². The lowest BCUT2D eigenvalue weighted by Gasteiger charge is -2.38. The Morgan fingerprint density at radius 3 is 2.41 bits per heavy atom. The summed E-state index contributed by atoms with van der Waals surface area (Å²) in [5.74, 6) is 0.824. The van der Waals surface area contributed by atoms with Crippen LogP contribution in [0.15, 0.2) is 24.3 Å². The highest BCUT2D eigenvalue weighted by Gasteiger charge is 2.35. The first-order chi connectivity index (χ1) is 13.0. The van der Waals surface area contributed by atoms with E-state index in [4.69, 9.17) is 0 Å². The van der Waals surface area contributed by atoms with Crippen LogP contribution in [0.1, 0.15) is 58.8 Å². The lowest BCUT2D eigenvalue weighted by molar-refractivity contribution is -0.933. The van der Waals surface area contributed by atoms with Gasteiger partial charge in [0.25, 0.3) is 0 Å². The van der Waals surface area contributed by atoms with E-state index in [1.54, 1.807) is 0 Å². The van der Waals surface area contributed by atoms with Crippen molar-refractivity contribution in [2.45, 2.75) is 58.5 Å². The van der Waals surface area contributed by atoms with E-state index >= 15 is 0 Å². The molecule has 2 aromatic rings. The monoisotopic (exact) mass is 375 g/mol. The third-order valence-corrected chi connectivity index (χ3v) is 5.91. The number of benzene rings is 1. The number of piperazine rings is 1. The van der Waals surface area contributed by atoms with Crippen molar-refractivity contribution in [3.05, 3.63) is 35.9 Å². The van der Waals surface area contributed by atoms with E-state index in [1.807, 2.05) is 16.8 Å². The Labute approximate surface area is 161 Å². The lowest BCUT2D eigenvalue weighted by atomic mass is 10.0. The molecule has 148 valence electrons. The second-order valence-electron chi connectivity index (χ2n) is 8.08. The largest absolute Gasteiger partial charge is 0.360 e. The summed E-state index contributed by atoms with van der Waals surface area (Å²) in [6.07, 6.45) is 3.17. The van der Waals surface area contributed by atoms with Gasteiger partial charge in [0, 0.05) is 12.1 Å². The van der Waals surface area contributed by atoms with Crippen LogP contribution in [0.5, 0.6) is 0 Å². The third-order valence-electron chi connectivity index (χ3n) is 5.91. The molecule has 1 aliphatic heterocycles. The Morgan fingerprint density at radius 2 is 1.81 bits per heavy atom. The molecule has 0 aliphatic carbocycles. The zero-order valence-electron chi connectivity index (χ0n) is 17.0. The van der Waals surface area contributed by atoms with Crippen molar-refractivity contribution in [1.29, 1.82) is 0 Å². The number of anilines is 1. The van der Waals surface area contributed by atoms with Crippen molar-refractivity contribution in [2.24, 2.45) is 0 Å². The summed E-state index contributed by atoms with van der Waals surface area (Å²) in [4.78, 5) is 3.88. The van der Waals surface area contributed by atoms with Gasteiger partial charge < -0.3 is 9.80 Å². The van der Waals surface area contributed by atoms with Crippen LogP contribution in [0.25, 0.3) is 0 Å². The molecule has 1 aromatic heterocycles. The van der Waals surface area contributed by atoms with Gasteiger partial charge in [-0.1, -0.05) is 20.3 Å². The minimum atomic E-state index is -0.184. The zero-order chi connectivity index (χ0) is 19.4. The smallest absolute Gasteiger partial charge is 0.209 e. The summed E-state index contributed by atoms with van der Waals surface area (Å²) in [7, 11) is 0. The van der Waals surface area contributed by atoms with E-state index in [1.165, 1.54) is 17.0 Å². The molecule has 1 saturated heterocycles. The molecule has 1 aromatic carbocycles. The van der Waals surface area contributed by atoms with Crippen LogP contribution in [-0.2, 0) is 5.54 Å². The van der Waals surface area contributed by atoms with E-state index in [-0.39, 0.29) is 11.4 Å². The maximum absolute atomic E-state index is 13.2. The standard InChI is InChI=1S/C20H31FN6/c1-5-7-18(19-22-23-24-27(19)20(3,4)6-2)26-14-12-25(13-15-26)17-10-8-16(21)9-11-17/h8-11,18H,5-7,12-15H2,1-4H3/p+1/t18-/m1/s1. The van der Waals surface area contributed by atoms with Crippen LogP contribution in [0.2, 0.25) is 0 Å². The lowest BCUT2D eigenvalue weighted by Crippen LogP contribution is -3.15. The molecular formula is C20H32FN6+. The van der Waals surface area contributed by atoms with E-state index in [0.717, 1.165) is 57.0 Å². The second kappa shape index (κ2) is 8.33. The predicted molar refractivity (Wildman–Crippen MR) is 104 cm³/mol. The maximum atomic E-state index is 13.2. The fourth-order valence-corrected chi connectivity index (χ4v) is 3.85. The van der Waals surface area contributed by atoms with Gasteiger partial charge in [-0.05, 0) is 55.0 Å². The van der Waals surface area contributed by atoms with Gasteiger partial charge in [0.1, 0.15) is 11.9 Å². The molecule has 0 unspecified atom stereocenters. The average molecular weight is 376 g/mol. The van der Waals surface area contributed by atoms with Gasteiger partial charge in [0.05, 0.1) is 31.7 Å². The van der Waals surface area contributed by atoms with E-state index in [9.17, 15) is 4.39 Å². The molecule has 2 heterocycles. The Kier molecular flexibility index (Phi) is 6.09. The molecule has 0 bridgehead atoms. The molecule has 0 radical (unpaired) electrons.